The minimum absolute atomic E-state index is 0.276. The molecule has 1 unspecified atom stereocenters. The zero-order valence-electron chi connectivity index (χ0n) is 17.3. The van der Waals surface area contributed by atoms with Crippen LogP contribution in [-0.4, -0.2) is 15.5 Å². The van der Waals surface area contributed by atoms with Crippen LogP contribution in [0.2, 0.25) is 0 Å². The van der Waals surface area contributed by atoms with Crippen molar-refractivity contribution < 1.29 is 4.55 Å². The number of nitrogens with zero attached hydrogens (tertiary/aromatic N) is 3. The summed E-state index contributed by atoms with van der Waals surface area (Å²) in [7, 11) is 0. The fourth-order valence-electron chi connectivity index (χ4n) is 4.16. The number of aliphatic imine (C=N–C) groups is 1. The summed E-state index contributed by atoms with van der Waals surface area (Å²) >= 11 is 6.03. The van der Waals surface area contributed by atoms with Crippen molar-refractivity contribution in [2.24, 2.45) is 15.0 Å². The lowest BCUT2D eigenvalue weighted by Crippen LogP contribution is -2.19. The third-order valence-corrected chi connectivity index (χ3v) is 9.65. The van der Waals surface area contributed by atoms with Crippen molar-refractivity contribution >= 4 is 70.1 Å². The zero-order valence-corrected chi connectivity index (χ0v) is 20.5. The van der Waals surface area contributed by atoms with Crippen molar-refractivity contribution in [3.05, 3.63) is 77.0 Å². The first kappa shape index (κ1) is 20.2. The van der Waals surface area contributed by atoms with Gasteiger partial charge in [-0.25, -0.2) is 9.98 Å². The molecule has 4 nitrogen and oxygen atoms in total. The van der Waals surface area contributed by atoms with Crippen molar-refractivity contribution in [3.63, 3.8) is 0 Å². The van der Waals surface area contributed by atoms with Crippen LogP contribution in [0.3, 0.4) is 0 Å². The van der Waals surface area contributed by atoms with Gasteiger partial charge in [0.05, 0.1) is 38.7 Å². The molecule has 0 bridgehead atoms. The summed E-state index contributed by atoms with van der Waals surface area (Å²) < 4.78 is 9.38. The molecule has 1 atom stereocenters. The Hall–Kier alpha value is -2.23. The molecule has 4 aliphatic rings. The second-order valence-electron chi connectivity index (χ2n) is 8.05. The van der Waals surface area contributed by atoms with Crippen LogP contribution in [0.4, 0.5) is 17.1 Å². The smallest absolute Gasteiger partial charge is 0.0789 e. The zero-order chi connectivity index (χ0) is 22.1. The van der Waals surface area contributed by atoms with Crippen LogP contribution in [0.25, 0.3) is 0 Å². The average Bonchev–Trinajstić information content (AvgIpc) is 2.82. The molecule has 0 saturated heterocycles. The molecule has 0 aromatic heterocycles. The summed E-state index contributed by atoms with van der Waals surface area (Å²) in [5.41, 5.74) is 5.28. The molecule has 160 valence electrons. The Balaban J connectivity index is 1.33. The van der Waals surface area contributed by atoms with E-state index in [1.54, 1.807) is 23.5 Å². The molecule has 3 aromatic rings. The Morgan fingerprint density at radius 2 is 1.48 bits per heavy atom. The molecule has 3 heterocycles. The third-order valence-electron chi connectivity index (χ3n) is 5.74. The number of hydrogen-bond donors (Lipinski definition) is 1. The maximum Gasteiger partial charge on any atom is 0.0789 e. The quantitative estimate of drug-likeness (QED) is 0.247. The van der Waals surface area contributed by atoms with E-state index in [4.69, 9.17) is 15.0 Å². The fraction of sp³-hybridized carbons (Fsp3) is 0.0800. The number of allylic oxidation sites excluding steroid dienone is 3. The molecule has 1 N–H and O–H groups in total. The van der Waals surface area contributed by atoms with Crippen LogP contribution in [0.5, 0.6) is 0 Å². The fourth-order valence-corrected chi connectivity index (χ4v) is 7.49. The van der Waals surface area contributed by atoms with E-state index in [1.807, 2.05) is 30.0 Å². The summed E-state index contributed by atoms with van der Waals surface area (Å²) in [5, 5.41) is 2.21. The van der Waals surface area contributed by atoms with Crippen LogP contribution in [0, 0.1) is 0 Å². The Bertz CT molecular complexity index is 1610. The molecular weight excluding hydrogens is 487 g/mol. The molecular formula is C25H15N3OS4. The second-order valence-corrected chi connectivity index (χ2v) is 12.1. The van der Waals surface area contributed by atoms with E-state index in [0.29, 0.717) is 0 Å². The lowest BCUT2D eigenvalue weighted by Gasteiger charge is -2.24. The van der Waals surface area contributed by atoms with Crippen LogP contribution in [0.1, 0.15) is 6.92 Å². The van der Waals surface area contributed by atoms with Gasteiger partial charge in [-0.1, -0.05) is 35.7 Å². The van der Waals surface area contributed by atoms with Gasteiger partial charge < -0.3 is 4.55 Å². The highest BCUT2D eigenvalue weighted by Gasteiger charge is 2.25. The van der Waals surface area contributed by atoms with Crippen molar-refractivity contribution in [2.45, 2.75) is 41.5 Å². The number of hydrogen-bond acceptors (Lipinski definition) is 8. The number of fused-ring (bicyclic) bond motifs is 6. The molecule has 33 heavy (non-hydrogen) atoms. The summed E-state index contributed by atoms with van der Waals surface area (Å²) in [6.45, 7) is 2.11. The van der Waals surface area contributed by atoms with Gasteiger partial charge in [0.15, 0.2) is 0 Å². The first-order valence-corrected chi connectivity index (χ1v) is 13.6. The first-order chi connectivity index (χ1) is 16.1. The molecule has 1 aliphatic carbocycles. The van der Waals surface area contributed by atoms with Gasteiger partial charge in [-0.2, -0.15) is 0 Å². The predicted octanol–water partition coefficient (Wildman–Crippen LogP) is 7.15. The highest BCUT2D eigenvalue weighted by atomic mass is 32.2. The van der Waals surface area contributed by atoms with Crippen LogP contribution >= 0.6 is 47.3 Å². The summed E-state index contributed by atoms with van der Waals surface area (Å²) in [5.74, 6) is 0. The lowest BCUT2D eigenvalue weighted by molar-refractivity contribution is 0.663. The Kier molecular flexibility index (Phi) is 4.67. The van der Waals surface area contributed by atoms with E-state index in [-0.39, 0.29) is 5.25 Å². The van der Waals surface area contributed by atoms with Gasteiger partial charge in [0.1, 0.15) is 0 Å². The highest BCUT2D eigenvalue weighted by molar-refractivity contribution is 8.01. The van der Waals surface area contributed by atoms with Crippen LogP contribution < -0.4 is 10.7 Å². The van der Waals surface area contributed by atoms with E-state index in [1.165, 1.54) is 10.5 Å². The predicted molar refractivity (Wildman–Crippen MR) is 137 cm³/mol. The maximum atomic E-state index is 9.38. The van der Waals surface area contributed by atoms with Gasteiger partial charge in [-0.15, -0.1) is 11.8 Å². The summed E-state index contributed by atoms with van der Waals surface area (Å²) in [6, 6.07) is 14.5. The van der Waals surface area contributed by atoms with Gasteiger partial charge >= 0.3 is 0 Å². The maximum absolute atomic E-state index is 9.38. The standard InChI is InChI=1S/C25H15N3OS4/c1-12-2-4-20-14(6-12)26-16-10-24-18(8-22(16)30-20)28-19-9-23-17(11-25(19)32-24)27-15-7-13(33-29)3-5-21(15)31-23/h2-11,20,29H,1H3. The second kappa shape index (κ2) is 7.65. The monoisotopic (exact) mass is 501 g/mol. The van der Waals surface area contributed by atoms with E-state index < -0.39 is 0 Å². The molecule has 7 rings (SSSR count). The Morgan fingerprint density at radius 1 is 0.788 bits per heavy atom. The van der Waals surface area contributed by atoms with E-state index in [2.05, 4.69) is 49.4 Å². The van der Waals surface area contributed by atoms with Gasteiger partial charge in [0.25, 0.3) is 0 Å². The molecule has 8 heteroatoms. The molecule has 0 spiro atoms. The lowest BCUT2D eigenvalue weighted by atomic mass is 10.1. The summed E-state index contributed by atoms with van der Waals surface area (Å²) in [4.78, 5) is 21.3. The minimum Gasteiger partial charge on any atom is -0.325 e. The molecule has 3 aliphatic heterocycles. The largest absolute Gasteiger partial charge is 0.325 e. The normalized spacial score (nSPS) is 18.8. The number of rotatable bonds is 1. The average molecular weight is 502 g/mol. The van der Waals surface area contributed by atoms with E-state index >= 15 is 0 Å². The highest BCUT2D eigenvalue weighted by Crippen LogP contribution is 2.48. The van der Waals surface area contributed by atoms with E-state index in [0.717, 1.165) is 70.0 Å². The first-order valence-electron chi connectivity index (χ1n) is 10.4. The van der Waals surface area contributed by atoms with Crippen molar-refractivity contribution in [1.82, 2.24) is 0 Å². The number of benzene rings is 3. The topological polar surface area (TPSA) is 57.3 Å². The van der Waals surface area contributed by atoms with E-state index in [9.17, 15) is 4.55 Å². The van der Waals surface area contributed by atoms with Crippen molar-refractivity contribution in [1.29, 1.82) is 0 Å². The Labute approximate surface area is 207 Å². The number of thioether (sulfide) groups is 1. The van der Waals surface area contributed by atoms with Gasteiger partial charge in [0.2, 0.25) is 0 Å². The van der Waals surface area contributed by atoms with Gasteiger partial charge in [-0.3, -0.25) is 4.99 Å². The van der Waals surface area contributed by atoms with Crippen molar-refractivity contribution in [2.75, 3.05) is 0 Å². The summed E-state index contributed by atoms with van der Waals surface area (Å²) in [6.07, 6.45) is 6.58. The van der Waals surface area contributed by atoms with Crippen molar-refractivity contribution in [3.8, 4) is 0 Å². The van der Waals surface area contributed by atoms with Crippen LogP contribution in [0.15, 0.2) is 111 Å². The molecule has 0 radical (unpaired) electrons. The minimum atomic E-state index is 0.276. The third kappa shape index (κ3) is 3.43. The molecule has 3 aromatic carbocycles. The van der Waals surface area contributed by atoms with Gasteiger partial charge in [-0.05, 0) is 61.0 Å². The Morgan fingerprint density at radius 3 is 2.27 bits per heavy atom. The van der Waals surface area contributed by atoms with Crippen LogP contribution in [-0.2, 0) is 0 Å². The SMILES string of the molecule is CC1=CC2=Nc3cc4c(cc3SC2C=C1)N=c1cc2c(cc1S4)=Nc1cc(SO)ccc1S2. The molecule has 0 fully saturated rings. The molecule has 0 saturated carbocycles. The molecule has 0 amide bonds. The van der Waals surface area contributed by atoms with Gasteiger partial charge in [0, 0.05) is 41.4 Å².